The molecule has 1 nitrogen and oxygen atoms in total. The fourth-order valence-corrected chi connectivity index (χ4v) is 2.40. The Balaban J connectivity index is 2.04. The quantitative estimate of drug-likeness (QED) is 0.882. The lowest BCUT2D eigenvalue weighted by Crippen LogP contribution is -2.04. The fraction of sp³-hybridized carbons (Fsp3) is 0.250. The third-order valence-corrected chi connectivity index (χ3v) is 3.59. The van der Waals surface area contributed by atoms with Crippen LogP contribution < -0.4 is 5.73 Å². The van der Waals surface area contributed by atoms with Crippen molar-refractivity contribution in [2.45, 2.75) is 19.8 Å². The zero-order valence-electron chi connectivity index (χ0n) is 10.6. The van der Waals surface area contributed by atoms with E-state index in [9.17, 15) is 0 Å². The molecule has 1 aromatic carbocycles. The van der Waals surface area contributed by atoms with Gasteiger partial charge in [-0.1, -0.05) is 59.3 Å². The Morgan fingerprint density at radius 1 is 1.50 bits per heavy atom. The summed E-state index contributed by atoms with van der Waals surface area (Å²) in [4.78, 5) is 0. The van der Waals surface area contributed by atoms with E-state index in [0.29, 0.717) is 5.92 Å². The van der Waals surface area contributed by atoms with E-state index in [1.54, 1.807) is 0 Å². The van der Waals surface area contributed by atoms with Crippen LogP contribution in [0.3, 0.4) is 0 Å². The molecule has 0 saturated heterocycles. The minimum atomic E-state index is 0.631. The largest absolute Gasteiger partial charge is 0.399 e. The van der Waals surface area contributed by atoms with Gasteiger partial charge in [-0.05, 0) is 42.0 Å². The summed E-state index contributed by atoms with van der Waals surface area (Å²) in [5.74, 6) is 0.631. The molecule has 0 heterocycles. The molecule has 1 unspecified atom stereocenters. The number of hydrogen-bond donors (Lipinski definition) is 1. The molecule has 2 rings (SSSR count). The van der Waals surface area contributed by atoms with Crippen LogP contribution in [0.4, 0.5) is 0 Å². The Kier molecular flexibility index (Phi) is 4.43. The minimum absolute atomic E-state index is 0.631. The third-order valence-electron chi connectivity index (χ3n) is 3.09. The van der Waals surface area contributed by atoms with E-state index in [1.807, 2.05) is 12.1 Å². The molecule has 1 aliphatic rings. The molecule has 0 spiro atoms. The summed E-state index contributed by atoms with van der Waals surface area (Å²) in [5, 5.41) is 0. The lowest BCUT2D eigenvalue weighted by molar-refractivity contribution is 0.731. The number of benzene rings is 1. The number of halogens is 1. The summed E-state index contributed by atoms with van der Waals surface area (Å²) >= 11 is 3.48. The molecule has 0 aromatic heterocycles. The number of allylic oxidation sites excluding steroid dienone is 4. The van der Waals surface area contributed by atoms with E-state index < -0.39 is 0 Å². The van der Waals surface area contributed by atoms with Gasteiger partial charge in [0, 0.05) is 10.2 Å². The zero-order valence-corrected chi connectivity index (χ0v) is 12.2. The summed E-state index contributed by atoms with van der Waals surface area (Å²) in [7, 11) is 0. The number of hydrogen-bond acceptors (Lipinski definition) is 1. The standard InChI is InChI=1S/C16H18BrN/c1-12-5-8-14(9-6-12)16(18)10-7-13-3-2-4-15(17)11-13/h2-5,8-12H,6-7,18H2,1H3/b16-10-. The number of rotatable bonds is 3. The van der Waals surface area contributed by atoms with Crippen LogP contribution in [0.1, 0.15) is 18.9 Å². The maximum Gasteiger partial charge on any atom is 0.0347 e. The van der Waals surface area contributed by atoms with Crippen LogP contribution in [0.25, 0.3) is 0 Å². The Bertz CT molecular complexity index is 512. The Morgan fingerprint density at radius 3 is 3.00 bits per heavy atom. The van der Waals surface area contributed by atoms with Crippen LogP contribution in [0.5, 0.6) is 0 Å². The highest BCUT2D eigenvalue weighted by Crippen LogP contribution is 2.19. The van der Waals surface area contributed by atoms with Crippen LogP contribution in [-0.4, -0.2) is 0 Å². The summed E-state index contributed by atoms with van der Waals surface area (Å²) in [5.41, 5.74) is 9.40. The van der Waals surface area contributed by atoms with Gasteiger partial charge < -0.3 is 5.73 Å². The second-order valence-electron chi connectivity index (χ2n) is 4.73. The highest BCUT2D eigenvalue weighted by molar-refractivity contribution is 9.10. The van der Waals surface area contributed by atoms with E-state index in [0.717, 1.165) is 28.6 Å². The van der Waals surface area contributed by atoms with Crippen molar-refractivity contribution >= 4 is 15.9 Å². The molecule has 1 atom stereocenters. The van der Waals surface area contributed by atoms with Crippen LogP contribution in [-0.2, 0) is 6.42 Å². The van der Waals surface area contributed by atoms with E-state index in [2.05, 4.69) is 59.3 Å². The van der Waals surface area contributed by atoms with Crippen LogP contribution in [0.2, 0.25) is 0 Å². The average Bonchev–Trinajstić information content (AvgIpc) is 2.37. The van der Waals surface area contributed by atoms with Gasteiger partial charge in [0.25, 0.3) is 0 Å². The van der Waals surface area contributed by atoms with Gasteiger partial charge in [-0.25, -0.2) is 0 Å². The zero-order chi connectivity index (χ0) is 13.0. The van der Waals surface area contributed by atoms with Crippen LogP contribution >= 0.6 is 15.9 Å². The predicted molar refractivity (Wildman–Crippen MR) is 81.1 cm³/mol. The molecule has 1 aromatic rings. The first-order valence-corrected chi connectivity index (χ1v) is 7.03. The van der Waals surface area contributed by atoms with Crippen LogP contribution in [0, 0.1) is 5.92 Å². The molecule has 94 valence electrons. The molecule has 0 aliphatic heterocycles. The van der Waals surface area contributed by atoms with Crippen molar-refractivity contribution in [3.8, 4) is 0 Å². The lowest BCUT2D eigenvalue weighted by atomic mass is 9.96. The maximum atomic E-state index is 6.11. The van der Waals surface area contributed by atoms with Crippen molar-refractivity contribution in [1.29, 1.82) is 0 Å². The van der Waals surface area contributed by atoms with Gasteiger partial charge in [-0.2, -0.15) is 0 Å². The Labute approximate surface area is 117 Å². The highest BCUT2D eigenvalue weighted by atomic mass is 79.9. The van der Waals surface area contributed by atoms with Gasteiger partial charge in [0.1, 0.15) is 0 Å². The Morgan fingerprint density at radius 2 is 2.33 bits per heavy atom. The molecule has 2 heteroatoms. The Hall–Kier alpha value is -1.28. The van der Waals surface area contributed by atoms with Crippen molar-refractivity contribution in [2.75, 3.05) is 0 Å². The first kappa shape index (κ1) is 13.2. The van der Waals surface area contributed by atoms with Gasteiger partial charge >= 0.3 is 0 Å². The number of nitrogens with two attached hydrogens (primary N) is 1. The lowest BCUT2D eigenvalue weighted by Gasteiger charge is -2.12. The van der Waals surface area contributed by atoms with E-state index >= 15 is 0 Å². The maximum absolute atomic E-state index is 6.11. The molecule has 0 radical (unpaired) electrons. The molecule has 1 aliphatic carbocycles. The van der Waals surface area contributed by atoms with E-state index in [4.69, 9.17) is 5.73 Å². The van der Waals surface area contributed by atoms with Gasteiger partial charge in [-0.15, -0.1) is 0 Å². The topological polar surface area (TPSA) is 26.0 Å². The molecular weight excluding hydrogens is 286 g/mol. The van der Waals surface area contributed by atoms with Crippen LogP contribution in [0.15, 0.2) is 64.3 Å². The molecule has 0 bridgehead atoms. The molecule has 0 saturated carbocycles. The smallest absolute Gasteiger partial charge is 0.0347 e. The summed E-state index contributed by atoms with van der Waals surface area (Å²) in [6.45, 7) is 2.21. The van der Waals surface area contributed by atoms with Gasteiger partial charge in [-0.3, -0.25) is 0 Å². The van der Waals surface area contributed by atoms with Crippen molar-refractivity contribution in [3.63, 3.8) is 0 Å². The van der Waals surface area contributed by atoms with Crippen molar-refractivity contribution in [2.24, 2.45) is 11.7 Å². The van der Waals surface area contributed by atoms with Gasteiger partial charge in [0.05, 0.1) is 0 Å². The summed E-state index contributed by atoms with van der Waals surface area (Å²) in [6.07, 6.45) is 10.6. The SMILES string of the molecule is CC1C=CC(/C(N)=C/Cc2cccc(Br)c2)=CC1. The van der Waals surface area contributed by atoms with E-state index in [-0.39, 0.29) is 0 Å². The molecular formula is C16H18BrN. The monoisotopic (exact) mass is 303 g/mol. The minimum Gasteiger partial charge on any atom is -0.399 e. The van der Waals surface area contributed by atoms with Crippen molar-refractivity contribution in [1.82, 2.24) is 0 Å². The van der Waals surface area contributed by atoms with Crippen molar-refractivity contribution in [3.05, 3.63) is 69.9 Å². The molecule has 0 amide bonds. The molecule has 0 fully saturated rings. The fourth-order valence-electron chi connectivity index (χ4n) is 1.95. The normalized spacial score (nSPS) is 19.8. The van der Waals surface area contributed by atoms with Gasteiger partial charge in [0.2, 0.25) is 0 Å². The predicted octanol–water partition coefficient (Wildman–Crippen LogP) is 4.36. The first-order valence-electron chi connectivity index (χ1n) is 6.24. The molecule has 18 heavy (non-hydrogen) atoms. The van der Waals surface area contributed by atoms with E-state index in [1.165, 1.54) is 5.56 Å². The third kappa shape index (κ3) is 3.61. The highest BCUT2D eigenvalue weighted by Gasteiger charge is 2.05. The second-order valence-corrected chi connectivity index (χ2v) is 5.64. The average molecular weight is 304 g/mol. The van der Waals surface area contributed by atoms with Gasteiger partial charge in [0.15, 0.2) is 0 Å². The molecule has 2 N–H and O–H groups in total. The first-order chi connectivity index (χ1) is 8.65. The summed E-state index contributed by atoms with van der Waals surface area (Å²) in [6, 6.07) is 8.31. The summed E-state index contributed by atoms with van der Waals surface area (Å²) < 4.78 is 1.11. The second kappa shape index (κ2) is 6.05. The van der Waals surface area contributed by atoms with Crippen molar-refractivity contribution < 1.29 is 0 Å².